The Kier molecular flexibility index (Phi) is 6.27. The van der Waals surface area contributed by atoms with E-state index in [1.165, 1.54) is 12.8 Å². The molecule has 0 amide bonds. The average molecular weight is 470 g/mol. The Morgan fingerprint density at radius 2 is 2.17 bits per heavy atom. The number of ether oxygens (including phenoxy) is 1. The normalized spacial score (nSPS) is 19.3. The molecule has 4 heterocycles. The zero-order valence-electron chi connectivity index (χ0n) is 20.2. The fourth-order valence-electron chi connectivity index (χ4n) is 5.44. The van der Waals surface area contributed by atoms with E-state index < -0.39 is 0 Å². The summed E-state index contributed by atoms with van der Waals surface area (Å²) in [4.78, 5) is 9.44. The van der Waals surface area contributed by atoms with E-state index in [1.54, 1.807) is 23.1 Å². The van der Waals surface area contributed by atoms with E-state index in [4.69, 9.17) is 15.5 Å². The van der Waals surface area contributed by atoms with E-state index in [0.29, 0.717) is 28.3 Å². The maximum Gasteiger partial charge on any atom is 0.148 e. The summed E-state index contributed by atoms with van der Waals surface area (Å²) in [6, 6.07) is 10.2. The molecule has 1 unspecified atom stereocenters. The third-order valence-electron chi connectivity index (χ3n) is 7.35. The van der Waals surface area contributed by atoms with Gasteiger partial charge in [0.25, 0.3) is 0 Å². The first kappa shape index (κ1) is 23.1. The molecule has 35 heavy (non-hydrogen) atoms. The quantitative estimate of drug-likeness (QED) is 0.527. The van der Waals surface area contributed by atoms with Gasteiger partial charge in [-0.25, -0.2) is 4.52 Å². The van der Waals surface area contributed by atoms with Crippen LogP contribution in [0.15, 0.2) is 54.0 Å². The number of aliphatic imine (C=N–C) groups is 1. The van der Waals surface area contributed by atoms with Crippen LogP contribution in [-0.2, 0) is 0 Å². The first-order chi connectivity index (χ1) is 17.0. The van der Waals surface area contributed by atoms with E-state index in [1.807, 2.05) is 44.3 Å². The largest absolute Gasteiger partial charge is 0.482 e. The SMILES string of the molecule is CC(=NC1CC2(CCNCC2)C1)/C(=C\N)c1cc(OC(C)c2ccccn2)c2c(C#N)cnn2c1. The molecule has 2 fully saturated rings. The molecule has 0 bridgehead atoms. The van der Waals surface area contributed by atoms with Crippen LogP contribution in [0.1, 0.15) is 62.5 Å². The highest BCUT2D eigenvalue weighted by Gasteiger charge is 2.44. The van der Waals surface area contributed by atoms with Gasteiger partial charge in [-0.3, -0.25) is 9.98 Å². The Labute approximate surface area is 205 Å². The molecule has 3 aromatic rings. The number of fused-ring (bicyclic) bond motifs is 1. The lowest BCUT2D eigenvalue weighted by atomic mass is 9.61. The Morgan fingerprint density at radius 3 is 2.86 bits per heavy atom. The molecule has 1 saturated carbocycles. The Hall–Kier alpha value is -3.70. The molecule has 3 aromatic heterocycles. The molecule has 0 radical (unpaired) electrons. The van der Waals surface area contributed by atoms with E-state index in [0.717, 1.165) is 48.5 Å². The predicted molar refractivity (Wildman–Crippen MR) is 136 cm³/mol. The second-order valence-electron chi connectivity index (χ2n) is 9.68. The maximum atomic E-state index is 9.63. The molecule has 2 aliphatic rings. The molecule has 1 spiro atoms. The van der Waals surface area contributed by atoms with Gasteiger partial charge in [-0.15, -0.1) is 0 Å². The first-order valence-electron chi connectivity index (χ1n) is 12.2. The van der Waals surface area contributed by atoms with Crippen molar-refractivity contribution in [2.24, 2.45) is 16.1 Å². The minimum absolute atomic E-state index is 0.312. The van der Waals surface area contributed by atoms with Crippen LogP contribution in [0.4, 0.5) is 0 Å². The van der Waals surface area contributed by atoms with Crippen molar-refractivity contribution in [3.05, 3.63) is 65.9 Å². The molecule has 1 aliphatic carbocycles. The number of hydrogen-bond acceptors (Lipinski definition) is 7. The van der Waals surface area contributed by atoms with Gasteiger partial charge < -0.3 is 15.8 Å². The van der Waals surface area contributed by atoms with Gasteiger partial charge in [0.2, 0.25) is 0 Å². The summed E-state index contributed by atoms with van der Waals surface area (Å²) >= 11 is 0. The number of nitriles is 1. The van der Waals surface area contributed by atoms with Gasteiger partial charge >= 0.3 is 0 Å². The Balaban J connectivity index is 1.44. The molecule has 3 N–H and O–H groups in total. The highest BCUT2D eigenvalue weighted by molar-refractivity contribution is 6.22. The van der Waals surface area contributed by atoms with Crippen molar-refractivity contribution in [3.63, 3.8) is 0 Å². The van der Waals surface area contributed by atoms with Crippen LogP contribution in [0, 0.1) is 16.7 Å². The molecule has 8 heteroatoms. The second-order valence-corrected chi connectivity index (χ2v) is 9.68. The summed E-state index contributed by atoms with van der Waals surface area (Å²) in [5.74, 6) is 0.555. The number of allylic oxidation sites excluding steroid dienone is 1. The molecule has 0 aromatic carbocycles. The number of hydrogen-bond donors (Lipinski definition) is 2. The zero-order valence-corrected chi connectivity index (χ0v) is 20.2. The molecule has 1 atom stereocenters. The van der Waals surface area contributed by atoms with Crippen molar-refractivity contribution < 1.29 is 4.74 Å². The standard InChI is InChI=1S/C27H31N7O/c1-18(33-22-12-27(13-22)6-9-30-10-7-27)23(15-29)20-11-25(26-21(14-28)16-32-34(26)17-20)35-19(2)24-5-3-4-8-31-24/h3-5,8,11,15-17,19,22,30H,6-7,9-10,12-13,29H2,1-2H3/b23-15+,33-18?. The van der Waals surface area contributed by atoms with Crippen LogP contribution in [0.3, 0.4) is 0 Å². The van der Waals surface area contributed by atoms with Crippen molar-refractivity contribution in [2.75, 3.05) is 13.1 Å². The van der Waals surface area contributed by atoms with E-state index in [2.05, 4.69) is 21.5 Å². The second kappa shape index (κ2) is 9.51. The highest BCUT2D eigenvalue weighted by Crippen LogP contribution is 2.49. The summed E-state index contributed by atoms with van der Waals surface area (Å²) in [6.07, 6.45) is 11.2. The number of pyridine rings is 2. The fourth-order valence-corrected chi connectivity index (χ4v) is 5.44. The van der Waals surface area contributed by atoms with Crippen molar-refractivity contribution >= 4 is 16.8 Å². The number of nitrogens with zero attached hydrogens (tertiary/aromatic N) is 5. The zero-order chi connectivity index (χ0) is 24.4. The van der Waals surface area contributed by atoms with Crippen molar-refractivity contribution in [2.45, 2.75) is 51.7 Å². The summed E-state index contributed by atoms with van der Waals surface area (Å²) in [5, 5.41) is 17.5. The third kappa shape index (κ3) is 4.52. The number of nitrogens with two attached hydrogens (primary N) is 1. The monoisotopic (exact) mass is 469 g/mol. The van der Waals surface area contributed by atoms with Crippen LogP contribution in [0.5, 0.6) is 5.75 Å². The van der Waals surface area contributed by atoms with E-state index >= 15 is 0 Å². The van der Waals surface area contributed by atoms with Crippen molar-refractivity contribution in [1.82, 2.24) is 19.9 Å². The average Bonchev–Trinajstić information content (AvgIpc) is 3.28. The minimum Gasteiger partial charge on any atom is -0.482 e. The van der Waals surface area contributed by atoms with Crippen LogP contribution < -0.4 is 15.8 Å². The fraction of sp³-hybridized carbons (Fsp3) is 0.407. The Bertz CT molecular complexity index is 1300. The number of piperidine rings is 1. The lowest BCUT2D eigenvalue weighted by Crippen LogP contribution is -2.47. The topological polar surface area (TPSA) is 114 Å². The summed E-state index contributed by atoms with van der Waals surface area (Å²) in [5.41, 5.74) is 11.0. The Morgan fingerprint density at radius 1 is 1.37 bits per heavy atom. The molecular formula is C27H31N7O. The predicted octanol–water partition coefficient (Wildman–Crippen LogP) is 4.03. The van der Waals surface area contributed by atoms with Gasteiger partial charge in [0.05, 0.1) is 17.9 Å². The van der Waals surface area contributed by atoms with Gasteiger partial charge in [-0.2, -0.15) is 10.4 Å². The molecular weight excluding hydrogens is 438 g/mol. The lowest BCUT2D eigenvalue weighted by Gasteiger charge is -2.49. The minimum atomic E-state index is -0.312. The first-order valence-corrected chi connectivity index (χ1v) is 12.2. The smallest absolute Gasteiger partial charge is 0.148 e. The lowest BCUT2D eigenvalue weighted by molar-refractivity contribution is 0.0645. The van der Waals surface area contributed by atoms with Crippen LogP contribution in [-0.4, -0.2) is 39.4 Å². The van der Waals surface area contributed by atoms with Crippen LogP contribution in [0.2, 0.25) is 0 Å². The van der Waals surface area contributed by atoms with Gasteiger partial charge in [0, 0.05) is 35.4 Å². The van der Waals surface area contributed by atoms with Gasteiger partial charge in [-0.05, 0) is 76.2 Å². The van der Waals surface area contributed by atoms with Crippen LogP contribution >= 0.6 is 0 Å². The highest BCUT2D eigenvalue weighted by atomic mass is 16.5. The number of aromatic nitrogens is 3. The van der Waals surface area contributed by atoms with Gasteiger partial charge in [-0.1, -0.05) is 6.07 Å². The summed E-state index contributed by atoms with van der Waals surface area (Å²) in [6.45, 7) is 6.17. The third-order valence-corrected chi connectivity index (χ3v) is 7.35. The molecule has 1 saturated heterocycles. The number of rotatable bonds is 6. The van der Waals surface area contributed by atoms with E-state index in [9.17, 15) is 5.26 Å². The van der Waals surface area contributed by atoms with Crippen molar-refractivity contribution in [1.29, 1.82) is 5.26 Å². The molecule has 5 rings (SSSR count). The van der Waals surface area contributed by atoms with Gasteiger partial charge in [0.15, 0.2) is 0 Å². The maximum absolute atomic E-state index is 9.63. The molecule has 180 valence electrons. The number of nitrogens with one attached hydrogen (secondary N) is 1. The van der Waals surface area contributed by atoms with E-state index in [-0.39, 0.29) is 6.10 Å². The van der Waals surface area contributed by atoms with Crippen LogP contribution in [0.25, 0.3) is 11.1 Å². The molecule has 8 nitrogen and oxygen atoms in total. The van der Waals surface area contributed by atoms with Crippen molar-refractivity contribution in [3.8, 4) is 11.8 Å². The summed E-state index contributed by atoms with van der Waals surface area (Å²) in [7, 11) is 0. The summed E-state index contributed by atoms with van der Waals surface area (Å²) < 4.78 is 8.01. The van der Waals surface area contributed by atoms with Gasteiger partial charge in [0.1, 0.15) is 29.0 Å². The molecule has 1 aliphatic heterocycles.